The Balaban J connectivity index is 2.38. The van der Waals surface area contributed by atoms with Crippen molar-refractivity contribution in [2.45, 2.75) is 33.6 Å². The molecule has 0 radical (unpaired) electrons. The Kier molecular flexibility index (Phi) is 4.21. The average molecular weight is 250 g/mol. The lowest BCUT2D eigenvalue weighted by molar-refractivity contribution is 0.889. The van der Waals surface area contributed by atoms with Crippen LogP contribution >= 0.6 is 0 Å². The highest BCUT2D eigenvalue weighted by Gasteiger charge is 2.09. The van der Waals surface area contributed by atoms with E-state index in [0.29, 0.717) is 5.92 Å². The zero-order valence-corrected chi connectivity index (χ0v) is 12.3. The second kappa shape index (κ2) is 5.88. The first-order valence-electron chi connectivity index (χ1n) is 6.92. The molecular formula is C19H22. The molecule has 0 aliphatic carbocycles. The van der Waals surface area contributed by atoms with Gasteiger partial charge < -0.3 is 0 Å². The summed E-state index contributed by atoms with van der Waals surface area (Å²) in [6.45, 7) is 8.78. The van der Waals surface area contributed by atoms with Crippen molar-refractivity contribution in [3.05, 3.63) is 71.3 Å². The van der Waals surface area contributed by atoms with Gasteiger partial charge in [-0.15, -0.1) is 0 Å². The van der Waals surface area contributed by atoms with E-state index in [1.165, 1.54) is 27.8 Å². The van der Waals surface area contributed by atoms with Crippen molar-refractivity contribution < 1.29 is 0 Å². The van der Waals surface area contributed by atoms with Crippen molar-refractivity contribution in [1.29, 1.82) is 0 Å². The van der Waals surface area contributed by atoms with Gasteiger partial charge in [0.15, 0.2) is 0 Å². The Morgan fingerprint density at radius 3 is 2.32 bits per heavy atom. The van der Waals surface area contributed by atoms with Crippen LogP contribution < -0.4 is 0 Å². The maximum atomic E-state index is 2.32. The minimum Gasteiger partial charge on any atom is -0.0881 e. The topological polar surface area (TPSA) is 0 Å². The predicted molar refractivity (Wildman–Crippen MR) is 84.5 cm³/mol. The van der Waals surface area contributed by atoms with Crippen molar-refractivity contribution >= 4 is 0 Å². The Labute approximate surface area is 116 Å². The normalized spacial score (nSPS) is 13.4. The van der Waals surface area contributed by atoms with Crippen LogP contribution in [0, 0.1) is 6.92 Å². The van der Waals surface area contributed by atoms with Crippen LogP contribution in [0.2, 0.25) is 0 Å². The van der Waals surface area contributed by atoms with E-state index >= 15 is 0 Å². The summed E-state index contributed by atoms with van der Waals surface area (Å²) in [5.74, 6) is 0.494. The quantitative estimate of drug-likeness (QED) is 0.610. The molecule has 2 rings (SSSR count). The first kappa shape index (κ1) is 13.6. The Morgan fingerprint density at radius 1 is 1.05 bits per heavy atom. The zero-order chi connectivity index (χ0) is 13.8. The van der Waals surface area contributed by atoms with Crippen LogP contribution in [-0.4, -0.2) is 0 Å². The van der Waals surface area contributed by atoms with Crippen LogP contribution in [-0.2, 0) is 0 Å². The molecule has 2 aromatic rings. The molecule has 0 saturated carbocycles. The fourth-order valence-electron chi connectivity index (χ4n) is 2.41. The third kappa shape index (κ3) is 2.96. The largest absolute Gasteiger partial charge is 0.0881 e. The average Bonchev–Trinajstić information content (AvgIpc) is 2.46. The van der Waals surface area contributed by atoms with Gasteiger partial charge in [-0.25, -0.2) is 0 Å². The lowest BCUT2D eigenvalue weighted by Crippen LogP contribution is -1.96. The fraction of sp³-hybridized carbons (Fsp3) is 0.263. The van der Waals surface area contributed by atoms with Crippen molar-refractivity contribution in [2.75, 3.05) is 0 Å². The second-order valence-electron chi connectivity index (χ2n) is 5.19. The molecule has 98 valence electrons. The summed E-state index contributed by atoms with van der Waals surface area (Å²) in [6, 6.07) is 17.4. The SMILES string of the molecule is C/C=C(\C)C(C)c1ccc(-c2ccccc2)c(C)c1. The third-order valence-electron chi connectivity index (χ3n) is 3.97. The first-order chi connectivity index (χ1) is 9.13. The van der Waals surface area contributed by atoms with Crippen LogP contribution in [0.5, 0.6) is 0 Å². The monoisotopic (exact) mass is 250 g/mol. The molecule has 2 aromatic carbocycles. The lowest BCUT2D eigenvalue weighted by atomic mass is 9.90. The van der Waals surface area contributed by atoms with E-state index in [4.69, 9.17) is 0 Å². The molecule has 0 aliphatic heterocycles. The van der Waals surface area contributed by atoms with Crippen LogP contribution in [0.25, 0.3) is 11.1 Å². The minimum absolute atomic E-state index is 0.494. The molecule has 0 heterocycles. The van der Waals surface area contributed by atoms with E-state index in [9.17, 15) is 0 Å². The van der Waals surface area contributed by atoms with Gasteiger partial charge in [-0.3, -0.25) is 0 Å². The molecule has 19 heavy (non-hydrogen) atoms. The van der Waals surface area contributed by atoms with Gasteiger partial charge in [-0.05, 0) is 43.0 Å². The molecule has 0 heteroatoms. The summed E-state index contributed by atoms with van der Waals surface area (Å²) in [7, 11) is 0. The molecule has 0 bridgehead atoms. The van der Waals surface area contributed by atoms with Gasteiger partial charge in [-0.2, -0.15) is 0 Å². The van der Waals surface area contributed by atoms with Gasteiger partial charge in [0.2, 0.25) is 0 Å². The molecule has 0 aliphatic rings. The Hall–Kier alpha value is -1.82. The molecule has 0 amide bonds. The van der Waals surface area contributed by atoms with E-state index in [-0.39, 0.29) is 0 Å². The smallest absolute Gasteiger partial charge is 0.00170 e. The molecule has 0 aromatic heterocycles. The van der Waals surface area contributed by atoms with Crippen LogP contribution in [0.1, 0.15) is 37.8 Å². The number of hydrogen-bond acceptors (Lipinski definition) is 0. The van der Waals surface area contributed by atoms with Crippen molar-refractivity contribution in [1.82, 2.24) is 0 Å². The fourth-order valence-corrected chi connectivity index (χ4v) is 2.41. The molecule has 0 spiro atoms. The lowest BCUT2D eigenvalue weighted by Gasteiger charge is -2.15. The summed E-state index contributed by atoms with van der Waals surface area (Å²) < 4.78 is 0. The summed E-state index contributed by atoms with van der Waals surface area (Å²) in [4.78, 5) is 0. The standard InChI is InChI=1S/C19H22/c1-5-14(2)16(4)18-11-12-19(15(3)13-18)17-9-7-6-8-10-17/h5-13,16H,1-4H3/b14-5+. The third-order valence-corrected chi connectivity index (χ3v) is 3.97. The predicted octanol–water partition coefficient (Wildman–Crippen LogP) is 5.73. The molecule has 0 nitrogen and oxygen atoms in total. The number of benzene rings is 2. The van der Waals surface area contributed by atoms with Gasteiger partial charge in [0, 0.05) is 5.92 Å². The maximum Gasteiger partial charge on any atom is 0.00170 e. The zero-order valence-electron chi connectivity index (χ0n) is 12.3. The van der Waals surface area contributed by atoms with E-state index in [1.54, 1.807) is 0 Å². The van der Waals surface area contributed by atoms with E-state index < -0.39 is 0 Å². The number of allylic oxidation sites excluding steroid dienone is 2. The Morgan fingerprint density at radius 2 is 1.74 bits per heavy atom. The van der Waals surface area contributed by atoms with E-state index in [2.05, 4.69) is 82.3 Å². The van der Waals surface area contributed by atoms with E-state index in [1.807, 2.05) is 0 Å². The maximum absolute atomic E-state index is 2.32. The summed E-state index contributed by atoms with van der Waals surface area (Å²) in [5.41, 5.74) is 6.79. The summed E-state index contributed by atoms with van der Waals surface area (Å²) in [5, 5.41) is 0. The molecular weight excluding hydrogens is 228 g/mol. The van der Waals surface area contributed by atoms with Crippen LogP contribution in [0.4, 0.5) is 0 Å². The first-order valence-corrected chi connectivity index (χ1v) is 6.92. The van der Waals surface area contributed by atoms with Crippen LogP contribution in [0.15, 0.2) is 60.2 Å². The number of hydrogen-bond donors (Lipinski definition) is 0. The van der Waals surface area contributed by atoms with E-state index in [0.717, 1.165) is 0 Å². The second-order valence-corrected chi connectivity index (χ2v) is 5.19. The molecule has 1 unspecified atom stereocenters. The highest BCUT2D eigenvalue weighted by Crippen LogP contribution is 2.29. The Bertz CT molecular complexity index is 576. The van der Waals surface area contributed by atoms with Crippen LogP contribution in [0.3, 0.4) is 0 Å². The van der Waals surface area contributed by atoms with Crippen molar-refractivity contribution in [3.8, 4) is 11.1 Å². The molecule has 0 N–H and O–H groups in total. The molecule has 1 atom stereocenters. The van der Waals surface area contributed by atoms with Crippen molar-refractivity contribution in [2.24, 2.45) is 0 Å². The van der Waals surface area contributed by atoms with Gasteiger partial charge in [0.25, 0.3) is 0 Å². The summed E-state index contributed by atoms with van der Waals surface area (Å²) in [6.07, 6.45) is 2.20. The van der Waals surface area contributed by atoms with Gasteiger partial charge in [0.05, 0.1) is 0 Å². The number of rotatable bonds is 3. The van der Waals surface area contributed by atoms with Crippen molar-refractivity contribution in [3.63, 3.8) is 0 Å². The molecule has 0 saturated heterocycles. The van der Waals surface area contributed by atoms with Gasteiger partial charge in [-0.1, -0.05) is 67.1 Å². The van der Waals surface area contributed by atoms with Gasteiger partial charge >= 0.3 is 0 Å². The number of aryl methyl sites for hydroxylation is 1. The highest BCUT2D eigenvalue weighted by atomic mass is 14.1. The highest BCUT2D eigenvalue weighted by molar-refractivity contribution is 5.67. The molecule has 0 fully saturated rings. The van der Waals surface area contributed by atoms with Gasteiger partial charge in [0.1, 0.15) is 0 Å². The summed E-state index contributed by atoms with van der Waals surface area (Å²) >= 11 is 0. The minimum atomic E-state index is 0.494.